The van der Waals surface area contributed by atoms with Crippen LogP contribution in [-0.4, -0.2) is 121 Å². The van der Waals surface area contributed by atoms with Gasteiger partial charge in [-0.25, -0.2) is 60.3 Å². The molecule has 6 aromatic carbocycles. The van der Waals surface area contributed by atoms with Crippen molar-refractivity contribution in [3.05, 3.63) is 261 Å². The van der Waals surface area contributed by atoms with Crippen LogP contribution in [-0.2, 0) is 43.0 Å². The molecular weight excluding hydrogens is 1900 g/mol. The highest BCUT2D eigenvalue weighted by atomic mass is 79.9. The van der Waals surface area contributed by atoms with Gasteiger partial charge in [0.25, 0.3) is 5.91 Å². The van der Waals surface area contributed by atoms with Gasteiger partial charge in [0.1, 0.15) is 87.4 Å². The molecule has 1 amide bonds. The number of anilines is 2. The van der Waals surface area contributed by atoms with Gasteiger partial charge in [-0.15, -0.1) is 20.4 Å². The number of halogens is 8. The van der Waals surface area contributed by atoms with E-state index in [1.54, 1.807) is 138 Å². The fraction of sp³-hybridized carbons (Fsp3) is 0.396. The van der Waals surface area contributed by atoms with Crippen LogP contribution in [0.25, 0.3) is 29.1 Å². The number of nitrogens with one attached hydrogen (secondary N) is 1. The first-order valence-electron chi connectivity index (χ1n) is 42.7. The molecule has 0 spiro atoms. The number of aromatic carboxylic acids is 2. The Bertz CT molecular complexity index is 5940. The van der Waals surface area contributed by atoms with Crippen LogP contribution in [0.4, 0.5) is 38.0 Å². The normalized spacial score (nSPS) is 14.9. The maximum Gasteiger partial charge on any atom is 0.373 e. The Labute approximate surface area is 804 Å². The van der Waals surface area contributed by atoms with Crippen molar-refractivity contribution in [1.82, 2.24) is 39.5 Å². The lowest BCUT2D eigenvalue weighted by atomic mass is 9.98. The molecule has 0 radical (unpaired) electrons. The number of hydrogen-bond acceptors (Lipinski definition) is 22. The van der Waals surface area contributed by atoms with Gasteiger partial charge in [-0.2, -0.15) is 28.8 Å². The number of carbonyl (C=O) groups excluding carboxylic acids is 10. The van der Waals surface area contributed by atoms with Gasteiger partial charge in [0, 0.05) is 21.0 Å². The van der Waals surface area contributed by atoms with Crippen LogP contribution >= 0.6 is 31.9 Å². The minimum Gasteiger partial charge on any atom is -0.478 e. The lowest BCUT2D eigenvalue weighted by Crippen LogP contribution is -2.24. The van der Waals surface area contributed by atoms with Crippen molar-refractivity contribution in [3.63, 3.8) is 0 Å². The summed E-state index contributed by atoms with van der Waals surface area (Å²) in [4.78, 5) is 127. The molecular formula is C101H118Br2F6N10O17. The quantitative estimate of drug-likeness (QED) is 0.0352. The molecule has 3 saturated carbocycles. The van der Waals surface area contributed by atoms with Gasteiger partial charge < -0.3 is 44.6 Å². The number of pyridine rings is 2. The molecule has 35 heteroatoms. The zero-order valence-corrected chi connectivity index (χ0v) is 82.6. The first kappa shape index (κ1) is 117. The number of aryl methyl sites for hydroxylation is 6. The third-order valence-electron chi connectivity index (χ3n) is 20.7. The third-order valence-corrected chi connectivity index (χ3v) is 22.4. The van der Waals surface area contributed by atoms with Crippen molar-refractivity contribution < 1.29 is 108 Å². The van der Waals surface area contributed by atoms with E-state index in [9.17, 15) is 55.1 Å². The van der Waals surface area contributed by atoms with Crippen molar-refractivity contribution in [3.8, 4) is 23.0 Å². The van der Waals surface area contributed by atoms with E-state index in [2.05, 4.69) is 109 Å². The van der Waals surface area contributed by atoms with E-state index < -0.39 is 87.5 Å². The molecule has 3 fully saturated rings. The molecule has 730 valence electrons. The summed E-state index contributed by atoms with van der Waals surface area (Å²) in [6.45, 7) is 44.9. The molecule has 3 aliphatic rings. The fourth-order valence-corrected chi connectivity index (χ4v) is 14.4. The van der Waals surface area contributed by atoms with Gasteiger partial charge in [-0.3, -0.25) is 4.79 Å². The zero-order chi connectivity index (χ0) is 102. The number of carboxylic acid groups (broad SMARTS) is 2. The second kappa shape index (κ2) is 53.3. The summed E-state index contributed by atoms with van der Waals surface area (Å²) >= 11 is 6.37. The summed E-state index contributed by atoms with van der Waals surface area (Å²) in [6.07, 6.45) is 12.3. The van der Waals surface area contributed by atoms with Gasteiger partial charge in [0.05, 0.1) is 33.4 Å². The lowest BCUT2D eigenvalue weighted by Gasteiger charge is -2.20. The fourth-order valence-electron chi connectivity index (χ4n) is 13.7. The summed E-state index contributed by atoms with van der Waals surface area (Å²) < 4.78 is 103. The molecule has 0 aliphatic heterocycles. The van der Waals surface area contributed by atoms with Crippen LogP contribution in [0.15, 0.2) is 137 Å². The van der Waals surface area contributed by atoms with E-state index in [4.69, 9.17) is 58.9 Å². The molecule has 4 aromatic heterocycles. The summed E-state index contributed by atoms with van der Waals surface area (Å²) in [7, 11) is 0. The van der Waals surface area contributed by atoms with E-state index in [1.165, 1.54) is 60.7 Å². The predicted molar refractivity (Wildman–Crippen MR) is 507 cm³/mol. The number of carbonyl (C=O) groups is 6. The van der Waals surface area contributed by atoms with Gasteiger partial charge in [0.15, 0.2) is 11.6 Å². The number of nitrogens with two attached hydrogens (primary N) is 1. The highest BCUT2D eigenvalue weighted by Gasteiger charge is 2.41. The highest BCUT2D eigenvalue weighted by molar-refractivity contribution is 9.10. The summed E-state index contributed by atoms with van der Waals surface area (Å²) in [6, 6.07) is 28.4. The Balaban J connectivity index is 0.000000409. The Hall–Kier alpha value is -13.1. The lowest BCUT2D eigenvalue weighted by molar-refractivity contribution is -0.193. The van der Waals surface area contributed by atoms with Crippen molar-refractivity contribution >= 4 is 104 Å². The number of rotatable bonds is 18. The first-order chi connectivity index (χ1) is 63.0. The van der Waals surface area contributed by atoms with Crippen molar-refractivity contribution in [2.45, 2.75) is 245 Å². The monoisotopic (exact) mass is 2010 g/mol. The molecule has 6 atom stereocenters. The smallest absolute Gasteiger partial charge is 0.373 e. The second-order valence-corrected chi connectivity index (χ2v) is 36.8. The molecule has 27 nitrogen and oxygen atoms in total. The summed E-state index contributed by atoms with van der Waals surface area (Å²) in [5.74, 6) is -2.83. The molecule has 10 aromatic rings. The SMILES string of the molecule is C.C=Cc1cc(C(=O)OC(C)(C)C)c(F)cc1C.CC(C)n1cnnc1-c1cccc(N)n1.CCC1CC1c1cc(C(=O)Nc2cccc(-c3nncn3C(C)C)n2)c(F)cc1C.CCC1CC1c1cc(C(=O)O)c(F)cc1C.CCC1CC1c1cc(C(=O)OC(C)(C)C)c(F)cc1C.Cc1cc(F)c(C(=O)O)cc1Br.Cc1cc(F)c(C(=O)OC(C)(C)C)cc1Br.O=C=O.O=C=O.O=C=O. The number of ether oxygens (including phenoxy) is 3. The number of hydrogen-bond donors (Lipinski definition) is 4. The maximum absolute atomic E-state index is 14.6. The highest BCUT2D eigenvalue weighted by Crippen LogP contribution is 2.53. The largest absolute Gasteiger partial charge is 0.478 e. The van der Waals surface area contributed by atoms with Crippen molar-refractivity contribution in [1.29, 1.82) is 0 Å². The van der Waals surface area contributed by atoms with Crippen LogP contribution in [0.2, 0.25) is 0 Å². The molecule has 13 rings (SSSR count). The van der Waals surface area contributed by atoms with E-state index in [1.807, 2.05) is 55.9 Å². The molecule has 0 bridgehead atoms. The number of nitrogens with zero attached hydrogens (tertiary/aromatic N) is 8. The Morgan fingerprint density at radius 2 is 0.765 bits per heavy atom. The number of amides is 1. The van der Waals surface area contributed by atoms with Crippen LogP contribution in [0.5, 0.6) is 0 Å². The van der Waals surface area contributed by atoms with E-state index in [-0.39, 0.29) is 65.3 Å². The number of esters is 3. The Morgan fingerprint density at radius 1 is 0.471 bits per heavy atom. The van der Waals surface area contributed by atoms with Gasteiger partial charge in [-0.1, -0.05) is 104 Å². The number of benzene rings is 6. The number of aromatic nitrogens is 8. The van der Waals surface area contributed by atoms with Crippen LogP contribution in [0.3, 0.4) is 0 Å². The summed E-state index contributed by atoms with van der Waals surface area (Å²) in [5.41, 5.74) is 13.3. The minimum absolute atomic E-state index is 0. The standard InChI is InChI=1S/C23H26FN5O.C17H23FO2.C14H17FO2.C13H15FO2.C12H14BrFO2.C10H13N5.C8H6BrFO2.3CO2.CH4/c1-5-15-10-17(15)16-11-18(19(24)9-14(16)4)23(30)27-21-8-6-7-20(26-21)22-28-25-12-29(22)13(2)3;1-6-11-8-13(11)12-9-14(15(18)7-10(12)2)16(19)20-17(3,4)5;1-6-10-8-11(12(15)7-9(10)2)13(16)17-14(3,4)5;1-3-8-5-10(8)9-6-11(13(15)16)12(14)4-7(9)2;1-7-5-10(14)8(6-9(7)13)11(15)16-12(2,3)4;1-7(2)15-6-12-14-10(15)8-4-3-5-9(11)13-8;1-4-2-7(10)5(8(11)12)3-6(4)9;3*2-1-3;/h6-9,11-13,15,17H,5,10H2,1-4H3,(H,26,27,30);7,9,11,13H,6,8H2,1-5H3;6-8H,1H2,2-5H3;4,6,8,10H,3,5H2,1-2H3,(H,15,16);5-6H,1-4H3;3-7H,1-2H3,(H2,11,13);2-3H,1H3,(H,11,12);;;;1H4. The molecule has 6 unspecified atom stereocenters. The van der Waals surface area contributed by atoms with E-state index in [0.717, 1.165) is 100 Å². The molecule has 0 saturated heterocycles. The minimum atomic E-state index is -1.26. The van der Waals surface area contributed by atoms with Gasteiger partial charge >= 0.3 is 48.3 Å². The van der Waals surface area contributed by atoms with Crippen molar-refractivity contribution in [2.75, 3.05) is 11.1 Å². The first-order valence-corrected chi connectivity index (χ1v) is 44.3. The predicted octanol–water partition coefficient (Wildman–Crippen LogP) is 23.7. The van der Waals surface area contributed by atoms with Crippen LogP contribution in [0, 0.1) is 94.2 Å². The van der Waals surface area contributed by atoms with Gasteiger partial charge in [-0.05, 0) is 339 Å². The van der Waals surface area contributed by atoms with E-state index in [0.29, 0.717) is 79.2 Å². The number of nitrogen functional groups attached to an aromatic ring is 1. The van der Waals surface area contributed by atoms with Crippen molar-refractivity contribution in [2.24, 2.45) is 17.8 Å². The molecule has 5 N–H and O–H groups in total. The van der Waals surface area contributed by atoms with E-state index >= 15 is 0 Å². The molecule has 3 aliphatic carbocycles. The van der Waals surface area contributed by atoms with Crippen LogP contribution in [0.1, 0.15) is 304 Å². The Morgan fingerprint density at radius 3 is 1.10 bits per heavy atom. The average molecular weight is 2020 g/mol. The topological polar surface area (TPSA) is 398 Å². The van der Waals surface area contributed by atoms with Gasteiger partial charge in [0.2, 0.25) is 0 Å². The average Bonchev–Trinajstić information content (AvgIpc) is 1.63. The second-order valence-electron chi connectivity index (χ2n) is 35.1. The number of carboxylic acids is 2. The van der Waals surface area contributed by atoms with Crippen LogP contribution < -0.4 is 11.1 Å². The third kappa shape index (κ3) is 36.0. The zero-order valence-electron chi connectivity index (χ0n) is 79.4. The molecule has 4 heterocycles. The molecule has 136 heavy (non-hydrogen) atoms. The maximum atomic E-state index is 14.6. The Kier molecular flexibility index (Phi) is 45.9. The summed E-state index contributed by atoms with van der Waals surface area (Å²) in [5, 5.41) is 36.1.